The third-order valence-corrected chi connectivity index (χ3v) is 5.86. The molecule has 0 spiro atoms. The normalized spacial score (nSPS) is 11.6. The van der Waals surface area contributed by atoms with Crippen molar-refractivity contribution in [2.24, 2.45) is 0 Å². The fourth-order valence-electron chi connectivity index (χ4n) is 3.11. The summed E-state index contributed by atoms with van der Waals surface area (Å²) in [6.07, 6.45) is 3.38. The average molecular weight is 418 g/mol. The lowest BCUT2D eigenvalue weighted by atomic mass is 10.0. The predicted octanol–water partition coefficient (Wildman–Crippen LogP) is 5.24. The van der Waals surface area contributed by atoms with Crippen LogP contribution < -0.4 is 5.32 Å². The van der Waals surface area contributed by atoms with Crippen molar-refractivity contribution in [1.29, 1.82) is 0 Å². The number of carbonyl (C=O) groups excluding carboxylic acids is 1. The molecule has 1 amide bonds. The fraction of sp³-hybridized carbons (Fsp3) is 0.217. The second-order valence-corrected chi connectivity index (χ2v) is 8.48. The Balaban J connectivity index is 1.45. The van der Waals surface area contributed by atoms with E-state index in [0.717, 1.165) is 38.2 Å². The molecule has 0 aliphatic heterocycles. The van der Waals surface area contributed by atoms with Gasteiger partial charge in [-0.05, 0) is 60.7 Å². The summed E-state index contributed by atoms with van der Waals surface area (Å²) in [5.41, 5.74) is 5.02. The van der Waals surface area contributed by atoms with E-state index < -0.39 is 0 Å². The lowest BCUT2D eigenvalue weighted by Gasteiger charge is -2.08. The molecule has 0 aliphatic rings. The molecule has 2 heterocycles. The smallest absolute Gasteiger partial charge is 0.248 e. The molecule has 0 unspecified atom stereocenters. The fourth-order valence-corrected chi connectivity index (χ4v) is 3.99. The van der Waals surface area contributed by atoms with Gasteiger partial charge in [0, 0.05) is 17.3 Å². The van der Waals surface area contributed by atoms with Crippen LogP contribution in [0.3, 0.4) is 0 Å². The van der Waals surface area contributed by atoms with Crippen molar-refractivity contribution in [2.45, 2.75) is 33.6 Å². The van der Waals surface area contributed by atoms with Crippen LogP contribution in [0.15, 0.2) is 48.5 Å². The van der Waals surface area contributed by atoms with Gasteiger partial charge in [-0.25, -0.2) is 0 Å². The average Bonchev–Trinajstić information content (AvgIpc) is 3.30. The second-order valence-electron chi connectivity index (χ2n) is 7.52. The number of nitrogens with zero attached hydrogens (tertiary/aromatic N) is 4. The van der Waals surface area contributed by atoms with Crippen molar-refractivity contribution < 1.29 is 4.79 Å². The zero-order chi connectivity index (χ0) is 21.3. The number of hydrogen-bond acceptors (Lipinski definition) is 5. The Labute approximate surface area is 179 Å². The van der Waals surface area contributed by atoms with Crippen LogP contribution in [0.25, 0.3) is 21.6 Å². The molecule has 2 aromatic carbocycles. The first-order valence-electron chi connectivity index (χ1n) is 9.79. The van der Waals surface area contributed by atoms with Crippen LogP contribution >= 0.6 is 11.3 Å². The van der Waals surface area contributed by atoms with Gasteiger partial charge in [0.1, 0.15) is 5.01 Å². The molecule has 0 bridgehead atoms. The second kappa shape index (κ2) is 8.20. The van der Waals surface area contributed by atoms with Gasteiger partial charge in [-0.3, -0.25) is 4.79 Å². The zero-order valence-electron chi connectivity index (χ0n) is 17.4. The molecule has 0 radical (unpaired) electrons. The van der Waals surface area contributed by atoms with Gasteiger partial charge in [0.15, 0.2) is 5.82 Å². The summed E-state index contributed by atoms with van der Waals surface area (Å²) in [6.45, 7) is 8.17. The summed E-state index contributed by atoms with van der Waals surface area (Å²) in [7, 11) is 0. The minimum absolute atomic E-state index is 0.159. The highest BCUT2D eigenvalue weighted by Gasteiger charge is 2.12. The number of fused-ring (bicyclic) bond motifs is 1. The molecule has 4 rings (SSSR count). The number of aryl methyl sites for hydroxylation is 2. The molecule has 0 aliphatic carbocycles. The molecule has 0 fully saturated rings. The summed E-state index contributed by atoms with van der Waals surface area (Å²) < 4.78 is 1.74. The number of anilines is 1. The molecule has 4 aromatic rings. The third-order valence-electron chi connectivity index (χ3n) is 4.91. The SMILES string of the molecule is Cc1cc(-c2nn3c(C)nnc3s2)ccc1NC(=O)C=Cc1ccc(C(C)C)cc1. The Bertz CT molecular complexity index is 1230. The van der Waals surface area contributed by atoms with Crippen LogP contribution in [0.4, 0.5) is 5.69 Å². The van der Waals surface area contributed by atoms with Gasteiger partial charge in [-0.15, -0.1) is 10.2 Å². The topological polar surface area (TPSA) is 72.2 Å². The molecular formula is C23H23N5OS. The van der Waals surface area contributed by atoms with Crippen LogP contribution in [-0.2, 0) is 4.79 Å². The Hall–Kier alpha value is -3.32. The van der Waals surface area contributed by atoms with E-state index in [-0.39, 0.29) is 5.91 Å². The van der Waals surface area contributed by atoms with Crippen molar-refractivity contribution in [3.05, 3.63) is 71.1 Å². The lowest BCUT2D eigenvalue weighted by molar-refractivity contribution is -0.111. The first kappa shape index (κ1) is 20.0. The van der Waals surface area contributed by atoms with Gasteiger partial charge >= 0.3 is 0 Å². The molecule has 0 saturated carbocycles. The summed E-state index contributed by atoms with van der Waals surface area (Å²) in [6, 6.07) is 14.1. The molecule has 2 aromatic heterocycles. The maximum Gasteiger partial charge on any atom is 0.248 e. The Morgan fingerprint density at radius 3 is 2.53 bits per heavy atom. The van der Waals surface area contributed by atoms with E-state index in [1.165, 1.54) is 16.9 Å². The molecule has 6 nitrogen and oxygen atoms in total. The predicted molar refractivity (Wildman–Crippen MR) is 122 cm³/mol. The summed E-state index contributed by atoms with van der Waals surface area (Å²) in [4.78, 5) is 13.1. The van der Waals surface area contributed by atoms with Gasteiger partial charge in [0.2, 0.25) is 10.9 Å². The number of nitrogens with one attached hydrogen (secondary N) is 1. The summed E-state index contributed by atoms with van der Waals surface area (Å²) >= 11 is 1.49. The molecule has 7 heteroatoms. The van der Waals surface area contributed by atoms with Crippen molar-refractivity contribution in [1.82, 2.24) is 19.8 Å². The molecule has 0 atom stereocenters. The van der Waals surface area contributed by atoms with Gasteiger partial charge in [0.25, 0.3) is 0 Å². The Morgan fingerprint density at radius 2 is 1.87 bits per heavy atom. The van der Waals surface area contributed by atoms with Gasteiger partial charge in [-0.1, -0.05) is 49.4 Å². The number of carbonyl (C=O) groups is 1. The van der Waals surface area contributed by atoms with E-state index in [1.54, 1.807) is 10.6 Å². The number of amides is 1. The first-order valence-corrected chi connectivity index (χ1v) is 10.6. The van der Waals surface area contributed by atoms with Gasteiger partial charge in [-0.2, -0.15) is 9.61 Å². The van der Waals surface area contributed by atoms with E-state index in [1.807, 2.05) is 50.3 Å². The molecule has 1 N–H and O–H groups in total. The summed E-state index contributed by atoms with van der Waals surface area (Å²) in [5.74, 6) is 1.10. The quantitative estimate of drug-likeness (QED) is 0.451. The van der Waals surface area contributed by atoms with Crippen LogP contribution in [0.2, 0.25) is 0 Å². The molecular weight excluding hydrogens is 394 g/mol. The van der Waals surface area contributed by atoms with Crippen molar-refractivity contribution in [3.8, 4) is 10.6 Å². The minimum atomic E-state index is -0.159. The van der Waals surface area contributed by atoms with E-state index in [2.05, 4.69) is 46.6 Å². The molecule has 30 heavy (non-hydrogen) atoms. The lowest BCUT2D eigenvalue weighted by Crippen LogP contribution is -2.08. The Kier molecular flexibility index (Phi) is 5.46. The highest BCUT2D eigenvalue weighted by Crippen LogP contribution is 2.28. The van der Waals surface area contributed by atoms with Crippen LogP contribution in [-0.4, -0.2) is 25.7 Å². The number of hydrogen-bond donors (Lipinski definition) is 1. The zero-order valence-corrected chi connectivity index (χ0v) is 18.2. The van der Waals surface area contributed by atoms with E-state index in [9.17, 15) is 4.79 Å². The van der Waals surface area contributed by atoms with Crippen molar-refractivity contribution in [2.75, 3.05) is 5.32 Å². The Morgan fingerprint density at radius 1 is 1.10 bits per heavy atom. The molecule has 0 saturated heterocycles. The molecule has 152 valence electrons. The van der Waals surface area contributed by atoms with Crippen LogP contribution in [0, 0.1) is 13.8 Å². The van der Waals surface area contributed by atoms with Gasteiger partial charge < -0.3 is 5.32 Å². The minimum Gasteiger partial charge on any atom is -0.322 e. The standard InChI is InChI=1S/C23H23N5OS/c1-14(2)18-8-5-17(6-9-18)7-12-21(29)24-20-11-10-19(13-15(20)3)22-27-28-16(4)25-26-23(28)30-22/h5-14H,1-4H3,(H,24,29). The van der Waals surface area contributed by atoms with E-state index in [4.69, 9.17) is 0 Å². The monoisotopic (exact) mass is 417 g/mol. The third kappa shape index (κ3) is 4.16. The van der Waals surface area contributed by atoms with Gasteiger partial charge in [0.05, 0.1) is 0 Å². The largest absolute Gasteiger partial charge is 0.322 e. The van der Waals surface area contributed by atoms with Crippen molar-refractivity contribution >= 4 is 34.0 Å². The summed E-state index contributed by atoms with van der Waals surface area (Å²) in [5, 5.41) is 16.5. The first-order chi connectivity index (χ1) is 14.4. The number of aromatic nitrogens is 4. The van der Waals surface area contributed by atoms with Crippen molar-refractivity contribution in [3.63, 3.8) is 0 Å². The van der Waals surface area contributed by atoms with Crippen LogP contribution in [0.5, 0.6) is 0 Å². The van der Waals surface area contributed by atoms with E-state index in [0.29, 0.717) is 5.92 Å². The number of benzene rings is 2. The van der Waals surface area contributed by atoms with E-state index >= 15 is 0 Å². The van der Waals surface area contributed by atoms with Crippen LogP contribution in [0.1, 0.15) is 42.3 Å². The maximum atomic E-state index is 12.4. The number of rotatable bonds is 5. The highest BCUT2D eigenvalue weighted by atomic mass is 32.1. The highest BCUT2D eigenvalue weighted by molar-refractivity contribution is 7.19. The maximum absolute atomic E-state index is 12.4.